The zero-order valence-corrected chi connectivity index (χ0v) is 17.1. The van der Waals surface area contributed by atoms with E-state index in [0.29, 0.717) is 10.7 Å². The number of nitrogens with one attached hydrogen (secondary N) is 2. The molecule has 0 aliphatic carbocycles. The highest BCUT2D eigenvalue weighted by Crippen LogP contribution is 2.35. The van der Waals surface area contributed by atoms with E-state index in [1.807, 2.05) is 18.2 Å². The Kier molecular flexibility index (Phi) is 4.92. The summed E-state index contributed by atoms with van der Waals surface area (Å²) in [6, 6.07) is 12.2. The van der Waals surface area contributed by atoms with Crippen LogP contribution in [0.3, 0.4) is 0 Å². The topological polar surface area (TPSA) is 83.0 Å². The van der Waals surface area contributed by atoms with Crippen LogP contribution in [0.25, 0.3) is 20.0 Å². The van der Waals surface area contributed by atoms with Crippen molar-refractivity contribution in [1.29, 1.82) is 0 Å². The molecule has 2 N–H and O–H groups in total. The van der Waals surface area contributed by atoms with Gasteiger partial charge in [0.15, 0.2) is 5.01 Å². The zero-order chi connectivity index (χ0) is 19.6. The van der Waals surface area contributed by atoms with Gasteiger partial charge in [-0.1, -0.05) is 29.5 Å². The van der Waals surface area contributed by atoms with Crippen LogP contribution < -0.4 is 15.5 Å². The largest absolute Gasteiger partial charge is 0.367 e. The maximum atomic E-state index is 12.8. The summed E-state index contributed by atoms with van der Waals surface area (Å²) in [5, 5.41) is 16.9. The predicted molar refractivity (Wildman–Crippen MR) is 118 cm³/mol. The van der Waals surface area contributed by atoms with Crippen LogP contribution in [0.5, 0.6) is 0 Å². The Morgan fingerprint density at radius 1 is 1.10 bits per heavy atom. The van der Waals surface area contributed by atoms with Gasteiger partial charge in [0.2, 0.25) is 5.01 Å². The number of amides is 1. The second-order valence-corrected chi connectivity index (χ2v) is 8.71. The number of aromatic nitrogens is 3. The fourth-order valence-electron chi connectivity index (χ4n) is 3.34. The lowest BCUT2D eigenvalue weighted by atomic mass is 10.2. The first kappa shape index (κ1) is 18.2. The highest BCUT2D eigenvalue weighted by molar-refractivity contribution is 7.26. The predicted octanol–water partition coefficient (Wildman–Crippen LogP) is 3.48. The summed E-state index contributed by atoms with van der Waals surface area (Å²) in [4.78, 5) is 20.2. The average Bonchev–Trinajstić information content (AvgIpc) is 3.42. The van der Waals surface area contributed by atoms with Crippen LogP contribution in [0.15, 0.2) is 48.8 Å². The van der Waals surface area contributed by atoms with Crippen molar-refractivity contribution in [3.05, 3.63) is 53.8 Å². The average molecular weight is 423 g/mol. The first-order valence-corrected chi connectivity index (χ1v) is 10.9. The molecular formula is C20H18N6OS2. The van der Waals surface area contributed by atoms with Gasteiger partial charge in [-0.05, 0) is 23.6 Å². The molecule has 4 aromatic rings. The molecule has 5 rings (SSSR count). The standard InChI is InChI=1S/C20H18N6OS2/c27-18(23-14-12-22-6-5-15(14)26-9-7-21-8-10-26)20-25-24-19(29-20)17-11-13-3-1-2-4-16(13)28-17/h1-6,11-12,21H,7-10H2,(H,23,27). The van der Waals surface area contributed by atoms with Crippen LogP contribution in [-0.4, -0.2) is 47.3 Å². The van der Waals surface area contributed by atoms with Crippen LogP contribution in [0, 0.1) is 0 Å². The second-order valence-electron chi connectivity index (χ2n) is 6.64. The van der Waals surface area contributed by atoms with E-state index in [-0.39, 0.29) is 5.91 Å². The van der Waals surface area contributed by atoms with E-state index in [0.717, 1.165) is 41.8 Å². The molecule has 0 radical (unpaired) electrons. The number of benzene rings is 1. The highest BCUT2D eigenvalue weighted by atomic mass is 32.1. The molecule has 9 heteroatoms. The van der Waals surface area contributed by atoms with Gasteiger partial charge in [-0.2, -0.15) is 0 Å². The molecule has 1 amide bonds. The minimum absolute atomic E-state index is 0.265. The molecule has 3 aromatic heterocycles. The number of pyridine rings is 1. The van der Waals surface area contributed by atoms with Crippen molar-refractivity contribution in [3.8, 4) is 9.88 Å². The van der Waals surface area contributed by atoms with Crippen LogP contribution >= 0.6 is 22.7 Å². The summed E-state index contributed by atoms with van der Waals surface area (Å²) in [6.07, 6.45) is 3.43. The third kappa shape index (κ3) is 3.71. The fraction of sp³-hybridized carbons (Fsp3) is 0.200. The first-order chi connectivity index (χ1) is 14.3. The molecule has 0 saturated carbocycles. The van der Waals surface area contributed by atoms with Crippen molar-refractivity contribution in [2.24, 2.45) is 0 Å². The molecule has 0 spiro atoms. The Bertz CT molecular complexity index is 1130. The monoisotopic (exact) mass is 422 g/mol. The first-order valence-electron chi connectivity index (χ1n) is 9.31. The van der Waals surface area contributed by atoms with Gasteiger partial charge < -0.3 is 15.5 Å². The lowest BCUT2D eigenvalue weighted by Crippen LogP contribution is -2.43. The van der Waals surface area contributed by atoms with Gasteiger partial charge in [-0.3, -0.25) is 9.78 Å². The quantitative estimate of drug-likeness (QED) is 0.524. The number of thiophene rings is 1. The van der Waals surface area contributed by atoms with E-state index in [9.17, 15) is 4.79 Å². The van der Waals surface area contributed by atoms with Gasteiger partial charge in [0.1, 0.15) is 0 Å². The molecule has 1 aliphatic heterocycles. The van der Waals surface area contributed by atoms with Crippen molar-refractivity contribution in [1.82, 2.24) is 20.5 Å². The van der Waals surface area contributed by atoms with Gasteiger partial charge in [-0.15, -0.1) is 21.5 Å². The number of hydrogen-bond acceptors (Lipinski definition) is 8. The number of anilines is 2. The molecule has 1 aliphatic rings. The lowest BCUT2D eigenvalue weighted by Gasteiger charge is -2.30. The van der Waals surface area contributed by atoms with Gasteiger partial charge in [0, 0.05) is 37.1 Å². The van der Waals surface area contributed by atoms with E-state index < -0.39 is 0 Å². The van der Waals surface area contributed by atoms with E-state index in [2.05, 4.69) is 48.9 Å². The summed E-state index contributed by atoms with van der Waals surface area (Å²) < 4.78 is 1.19. The van der Waals surface area contributed by atoms with Crippen LogP contribution in [-0.2, 0) is 0 Å². The van der Waals surface area contributed by atoms with Crippen molar-refractivity contribution >= 4 is 50.0 Å². The van der Waals surface area contributed by atoms with Crippen LogP contribution in [0.2, 0.25) is 0 Å². The number of nitrogens with zero attached hydrogens (tertiary/aromatic N) is 4. The number of rotatable bonds is 4. The molecule has 4 heterocycles. The molecule has 0 atom stereocenters. The molecule has 1 fully saturated rings. The SMILES string of the molecule is O=C(Nc1cnccc1N1CCNCC1)c1nnc(-c2cc3ccccc3s2)s1. The minimum atomic E-state index is -0.265. The Morgan fingerprint density at radius 2 is 1.97 bits per heavy atom. The van der Waals surface area contributed by atoms with Crippen LogP contribution in [0.1, 0.15) is 9.80 Å². The van der Waals surface area contributed by atoms with E-state index in [4.69, 9.17) is 0 Å². The molecule has 1 saturated heterocycles. The maximum absolute atomic E-state index is 12.8. The molecule has 7 nitrogen and oxygen atoms in total. The lowest BCUT2D eigenvalue weighted by molar-refractivity contribution is 0.102. The number of carbonyl (C=O) groups excluding carboxylic acids is 1. The summed E-state index contributed by atoms with van der Waals surface area (Å²) in [5.74, 6) is -0.265. The van der Waals surface area contributed by atoms with Gasteiger partial charge in [0.05, 0.1) is 22.4 Å². The highest BCUT2D eigenvalue weighted by Gasteiger charge is 2.19. The summed E-state index contributed by atoms with van der Waals surface area (Å²) in [7, 11) is 0. The Labute approximate surface area is 175 Å². The van der Waals surface area contributed by atoms with Crippen molar-refractivity contribution < 1.29 is 4.79 Å². The Morgan fingerprint density at radius 3 is 2.83 bits per heavy atom. The van der Waals surface area contributed by atoms with Crippen molar-refractivity contribution in [2.45, 2.75) is 0 Å². The summed E-state index contributed by atoms with van der Waals surface area (Å²) >= 11 is 2.96. The smallest absolute Gasteiger partial charge is 0.286 e. The van der Waals surface area contributed by atoms with Gasteiger partial charge in [0.25, 0.3) is 5.91 Å². The number of carbonyl (C=O) groups is 1. The minimum Gasteiger partial charge on any atom is -0.367 e. The van der Waals surface area contributed by atoms with Crippen LogP contribution in [0.4, 0.5) is 11.4 Å². The number of piperazine rings is 1. The fourth-order valence-corrected chi connectivity index (χ4v) is 5.18. The summed E-state index contributed by atoms with van der Waals surface area (Å²) in [5.41, 5.74) is 1.67. The second kappa shape index (κ2) is 7.86. The van der Waals surface area contributed by atoms with E-state index in [1.165, 1.54) is 21.4 Å². The van der Waals surface area contributed by atoms with Crippen molar-refractivity contribution in [3.63, 3.8) is 0 Å². The number of hydrogen-bond donors (Lipinski definition) is 2. The normalized spacial score (nSPS) is 14.3. The van der Waals surface area contributed by atoms with E-state index >= 15 is 0 Å². The molecule has 0 bridgehead atoms. The molecule has 29 heavy (non-hydrogen) atoms. The molecule has 146 valence electrons. The summed E-state index contributed by atoms with van der Waals surface area (Å²) in [6.45, 7) is 3.62. The van der Waals surface area contributed by atoms with E-state index in [1.54, 1.807) is 23.7 Å². The zero-order valence-electron chi connectivity index (χ0n) is 15.5. The molecular weight excluding hydrogens is 404 g/mol. The Hall–Kier alpha value is -2.88. The Balaban J connectivity index is 1.37. The molecule has 1 aromatic carbocycles. The van der Waals surface area contributed by atoms with Gasteiger partial charge in [-0.25, -0.2) is 0 Å². The third-order valence-corrected chi connectivity index (χ3v) is 6.97. The number of fused-ring (bicyclic) bond motifs is 1. The van der Waals surface area contributed by atoms with Gasteiger partial charge >= 0.3 is 0 Å². The third-order valence-electron chi connectivity index (χ3n) is 4.76. The van der Waals surface area contributed by atoms with Crippen molar-refractivity contribution in [2.75, 3.05) is 36.4 Å². The molecule has 0 unspecified atom stereocenters. The maximum Gasteiger partial charge on any atom is 0.286 e.